The zero-order valence-corrected chi connectivity index (χ0v) is 17.1. The van der Waals surface area contributed by atoms with E-state index >= 15 is 0 Å². The van der Waals surface area contributed by atoms with Gasteiger partial charge in [-0.25, -0.2) is 4.39 Å². The molecule has 1 atom stereocenters. The van der Waals surface area contributed by atoms with Gasteiger partial charge in [-0.3, -0.25) is 9.69 Å². The Kier molecular flexibility index (Phi) is 6.88. The minimum absolute atomic E-state index is 0.0475. The summed E-state index contributed by atoms with van der Waals surface area (Å²) >= 11 is 0. The summed E-state index contributed by atoms with van der Waals surface area (Å²) in [5, 5.41) is 3.06. The third-order valence-corrected chi connectivity index (χ3v) is 5.16. The van der Waals surface area contributed by atoms with Gasteiger partial charge in [0, 0.05) is 25.2 Å². The molecule has 0 spiro atoms. The van der Waals surface area contributed by atoms with Gasteiger partial charge in [-0.15, -0.1) is 0 Å². The molecule has 2 aromatic rings. The maximum Gasteiger partial charge on any atom is 0.247 e. The van der Waals surface area contributed by atoms with Crippen LogP contribution in [-0.4, -0.2) is 38.1 Å². The Bertz CT molecular complexity index is 880. The molecule has 1 N–H and O–H groups in total. The molecule has 3 rings (SSSR count). The van der Waals surface area contributed by atoms with Crippen LogP contribution in [0.3, 0.4) is 0 Å². The van der Waals surface area contributed by atoms with Crippen LogP contribution in [0, 0.1) is 5.82 Å². The molecule has 0 bridgehead atoms. The molecule has 1 amide bonds. The van der Waals surface area contributed by atoms with Crippen LogP contribution in [0.1, 0.15) is 30.5 Å². The molecule has 2 aromatic carbocycles. The van der Waals surface area contributed by atoms with Gasteiger partial charge in [0.1, 0.15) is 5.82 Å². The Balaban J connectivity index is 1.57. The van der Waals surface area contributed by atoms with Gasteiger partial charge in [0.25, 0.3) is 0 Å². The van der Waals surface area contributed by atoms with Crippen molar-refractivity contribution in [1.29, 1.82) is 0 Å². The van der Waals surface area contributed by atoms with Crippen molar-refractivity contribution >= 4 is 5.91 Å². The summed E-state index contributed by atoms with van der Waals surface area (Å²) in [5.74, 6) is 1.02. The van der Waals surface area contributed by atoms with Crippen molar-refractivity contribution in [3.05, 3.63) is 71.1 Å². The number of amides is 1. The second kappa shape index (κ2) is 9.56. The summed E-state index contributed by atoms with van der Waals surface area (Å²) in [5.41, 5.74) is 2.81. The molecule has 1 aliphatic rings. The van der Waals surface area contributed by atoms with E-state index in [0.29, 0.717) is 24.5 Å². The van der Waals surface area contributed by atoms with Crippen LogP contribution >= 0.6 is 0 Å². The Morgan fingerprint density at radius 3 is 2.48 bits per heavy atom. The lowest BCUT2D eigenvalue weighted by Gasteiger charge is -2.26. The lowest BCUT2D eigenvalue weighted by atomic mass is 10.0. The molecule has 1 heterocycles. The van der Waals surface area contributed by atoms with Crippen LogP contribution in [0.25, 0.3) is 0 Å². The number of carbonyl (C=O) groups is 1. The Morgan fingerprint density at radius 1 is 1.14 bits per heavy atom. The largest absolute Gasteiger partial charge is 0.493 e. The first-order valence-corrected chi connectivity index (χ1v) is 9.68. The number of ether oxygens (including phenoxy) is 2. The van der Waals surface area contributed by atoms with Crippen molar-refractivity contribution in [2.24, 2.45) is 0 Å². The van der Waals surface area contributed by atoms with E-state index in [0.717, 1.165) is 29.8 Å². The van der Waals surface area contributed by atoms with Crippen molar-refractivity contribution in [1.82, 2.24) is 10.2 Å². The maximum absolute atomic E-state index is 13.0. The van der Waals surface area contributed by atoms with Crippen LogP contribution < -0.4 is 14.8 Å². The van der Waals surface area contributed by atoms with Crippen LogP contribution in [0.4, 0.5) is 4.39 Å². The Labute approximate surface area is 171 Å². The van der Waals surface area contributed by atoms with Crippen LogP contribution in [0.5, 0.6) is 11.5 Å². The molecule has 0 saturated carbocycles. The van der Waals surface area contributed by atoms with Crippen molar-refractivity contribution in [2.75, 3.05) is 27.3 Å². The third-order valence-electron chi connectivity index (χ3n) is 5.16. The van der Waals surface area contributed by atoms with E-state index in [1.54, 1.807) is 26.4 Å². The van der Waals surface area contributed by atoms with Crippen molar-refractivity contribution in [3.63, 3.8) is 0 Å². The molecule has 0 aromatic heterocycles. The summed E-state index contributed by atoms with van der Waals surface area (Å²) in [7, 11) is 3.19. The van der Waals surface area contributed by atoms with Gasteiger partial charge < -0.3 is 14.8 Å². The number of carbonyl (C=O) groups excluding carboxylic acids is 1. The molecule has 29 heavy (non-hydrogen) atoms. The highest BCUT2D eigenvalue weighted by atomic mass is 19.1. The first kappa shape index (κ1) is 20.9. The first-order valence-electron chi connectivity index (χ1n) is 9.68. The third kappa shape index (κ3) is 5.35. The lowest BCUT2D eigenvalue weighted by molar-refractivity contribution is -0.118. The molecule has 0 radical (unpaired) electrons. The van der Waals surface area contributed by atoms with E-state index in [1.807, 2.05) is 31.2 Å². The predicted octanol–water partition coefficient (Wildman–Crippen LogP) is 3.85. The first-order chi connectivity index (χ1) is 14.0. The fourth-order valence-electron chi connectivity index (χ4n) is 3.40. The van der Waals surface area contributed by atoms with Crippen molar-refractivity contribution in [2.45, 2.75) is 25.9 Å². The monoisotopic (exact) mass is 398 g/mol. The van der Waals surface area contributed by atoms with Gasteiger partial charge in [0.2, 0.25) is 5.91 Å². The topological polar surface area (TPSA) is 50.8 Å². The number of halogens is 1. The molecule has 0 saturated heterocycles. The van der Waals surface area contributed by atoms with Gasteiger partial charge in [-0.1, -0.05) is 24.3 Å². The van der Waals surface area contributed by atoms with Gasteiger partial charge in [0.15, 0.2) is 11.5 Å². The van der Waals surface area contributed by atoms with Crippen molar-refractivity contribution in [3.8, 4) is 11.5 Å². The van der Waals surface area contributed by atoms with E-state index in [1.165, 1.54) is 12.1 Å². The average Bonchev–Trinajstić information content (AvgIpc) is 2.75. The van der Waals surface area contributed by atoms with Crippen molar-refractivity contribution < 1.29 is 18.7 Å². The number of hydrogen-bond donors (Lipinski definition) is 1. The molecule has 154 valence electrons. The number of hydrogen-bond acceptors (Lipinski definition) is 4. The average molecular weight is 398 g/mol. The zero-order chi connectivity index (χ0) is 20.8. The van der Waals surface area contributed by atoms with Gasteiger partial charge >= 0.3 is 0 Å². The predicted molar refractivity (Wildman–Crippen MR) is 110 cm³/mol. The Morgan fingerprint density at radius 2 is 1.86 bits per heavy atom. The molecule has 0 aliphatic carbocycles. The number of nitrogens with one attached hydrogen (secondary N) is 1. The van der Waals surface area contributed by atoms with E-state index in [2.05, 4.69) is 10.2 Å². The quantitative estimate of drug-likeness (QED) is 0.770. The second-order valence-electron chi connectivity index (χ2n) is 7.15. The van der Waals surface area contributed by atoms with Gasteiger partial charge in [0.05, 0.1) is 20.3 Å². The number of rotatable bonds is 7. The van der Waals surface area contributed by atoms with E-state index < -0.39 is 0 Å². The van der Waals surface area contributed by atoms with E-state index in [9.17, 15) is 9.18 Å². The summed E-state index contributed by atoms with van der Waals surface area (Å²) in [6.07, 6.45) is 2.66. The standard InChI is InChI=1S/C23H27FN2O3/c1-16(19-6-9-21(28-2)22(14-19)29-3)25-23(27)18-10-12-26(13-11-18)15-17-4-7-20(24)8-5-17/h4-10,14,16H,11-13,15H2,1-3H3,(H,25,27). The smallest absolute Gasteiger partial charge is 0.247 e. The summed E-state index contributed by atoms with van der Waals surface area (Å²) in [4.78, 5) is 14.9. The SMILES string of the molecule is COc1ccc(C(C)NC(=O)C2=CCN(Cc3ccc(F)cc3)CC2)cc1OC. The number of methoxy groups -OCH3 is 2. The lowest BCUT2D eigenvalue weighted by Crippen LogP contribution is -2.34. The van der Waals surface area contributed by atoms with Gasteiger partial charge in [-0.05, 0) is 48.7 Å². The van der Waals surface area contributed by atoms with E-state index in [-0.39, 0.29) is 17.8 Å². The van der Waals surface area contributed by atoms with Crippen LogP contribution in [-0.2, 0) is 11.3 Å². The maximum atomic E-state index is 13.0. The normalized spacial score (nSPS) is 15.4. The zero-order valence-electron chi connectivity index (χ0n) is 17.1. The molecule has 1 unspecified atom stereocenters. The highest BCUT2D eigenvalue weighted by molar-refractivity contribution is 5.93. The summed E-state index contributed by atoms with van der Waals surface area (Å²) in [6, 6.07) is 12.0. The molecule has 1 aliphatic heterocycles. The summed E-state index contributed by atoms with van der Waals surface area (Å²) < 4.78 is 23.6. The molecular weight excluding hydrogens is 371 g/mol. The van der Waals surface area contributed by atoms with E-state index in [4.69, 9.17) is 9.47 Å². The minimum Gasteiger partial charge on any atom is -0.493 e. The fourth-order valence-corrected chi connectivity index (χ4v) is 3.40. The molecule has 5 nitrogen and oxygen atoms in total. The minimum atomic E-state index is -0.227. The highest BCUT2D eigenvalue weighted by Crippen LogP contribution is 2.30. The second-order valence-corrected chi connectivity index (χ2v) is 7.15. The highest BCUT2D eigenvalue weighted by Gasteiger charge is 2.19. The summed E-state index contributed by atoms with van der Waals surface area (Å²) in [6.45, 7) is 4.18. The van der Waals surface area contributed by atoms with Crippen LogP contribution in [0.2, 0.25) is 0 Å². The fraction of sp³-hybridized carbons (Fsp3) is 0.348. The molecule has 0 fully saturated rings. The Hall–Kier alpha value is -2.86. The van der Waals surface area contributed by atoms with Crippen LogP contribution in [0.15, 0.2) is 54.1 Å². The van der Waals surface area contributed by atoms with Gasteiger partial charge in [-0.2, -0.15) is 0 Å². The number of nitrogens with zero attached hydrogens (tertiary/aromatic N) is 1. The molecule has 6 heteroatoms. The molecular formula is C23H27FN2O3. The number of benzene rings is 2.